The third-order valence-electron chi connectivity index (χ3n) is 3.36. The molecule has 0 unspecified atom stereocenters. The Kier molecular flexibility index (Phi) is 8.70. The maximum atomic E-state index is 11.9. The molecule has 0 saturated carbocycles. The van der Waals surface area contributed by atoms with Gasteiger partial charge < -0.3 is 10.2 Å². The number of nitrogens with zero attached hydrogens (tertiary/aromatic N) is 1. The molecule has 1 N–H and O–H groups in total. The molecule has 0 heterocycles. The molecule has 5 heteroatoms. The Bertz CT molecular complexity index is 508. The number of allylic oxidation sites excluding steroid dienone is 1. The van der Waals surface area contributed by atoms with E-state index in [2.05, 4.69) is 40.0 Å². The molecule has 0 aliphatic heterocycles. The van der Waals surface area contributed by atoms with E-state index in [4.69, 9.17) is 0 Å². The third-order valence-corrected chi connectivity index (χ3v) is 3.89. The zero-order valence-electron chi connectivity index (χ0n) is 13.1. The van der Waals surface area contributed by atoms with Crippen molar-refractivity contribution in [3.05, 3.63) is 46.5 Å². The molecule has 0 radical (unpaired) electrons. The summed E-state index contributed by atoms with van der Waals surface area (Å²) in [6.07, 6.45) is 3.51. The van der Waals surface area contributed by atoms with Crippen molar-refractivity contribution >= 4 is 27.6 Å². The number of ketones is 1. The number of benzene rings is 1. The minimum atomic E-state index is -0.231. The summed E-state index contributed by atoms with van der Waals surface area (Å²) in [5, 5.41) is 2.79. The van der Waals surface area contributed by atoms with E-state index in [-0.39, 0.29) is 11.7 Å². The van der Waals surface area contributed by atoms with Crippen molar-refractivity contribution in [2.75, 3.05) is 26.2 Å². The molecule has 22 heavy (non-hydrogen) atoms. The molecule has 0 bridgehead atoms. The predicted octanol–water partition coefficient (Wildman–Crippen LogP) is 3.04. The zero-order chi connectivity index (χ0) is 16.4. The Hall–Kier alpha value is -1.46. The second-order valence-electron chi connectivity index (χ2n) is 4.88. The molecule has 0 aliphatic carbocycles. The van der Waals surface area contributed by atoms with Gasteiger partial charge in [0, 0.05) is 22.7 Å². The fourth-order valence-electron chi connectivity index (χ4n) is 1.97. The Morgan fingerprint density at radius 1 is 1.14 bits per heavy atom. The highest BCUT2D eigenvalue weighted by molar-refractivity contribution is 9.10. The highest BCUT2D eigenvalue weighted by Crippen LogP contribution is 2.11. The summed E-state index contributed by atoms with van der Waals surface area (Å²) in [4.78, 5) is 25.8. The molecule has 0 aromatic heterocycles. The van der Waals surface area contributed by atoms with Crippen LogP contribution in [0.2, 0.25) is 0 Å². The zero-order valence-corrected chi connectivity index (χ0v) is 14.7. The maximum Gasteiger partial charge on any atom is 0.244 e. The SMILES string of the molecule is CCN(CC)CCCNC(=O)/C=C/C(=O)c1ccc(Br)cc1. The van der Waals surface area contributed by atoms with Crippen LogP contribution in [0, 0.1) is 0 Å². The van der Waals surface area contributed by atoms with Gasteiger partial charge >= 0.3 is 0 Å². The van der Waals surface area contributed by atoms with Crippen LogP contribution in [0.15, 0.2) is 40.9 Å². The van der Waals surface area contributed by atoms with Crippen LogP contribution in [-0.2, 0) is 4.79 Å². The number of hydrogen-bond donors (Lipinski definition) is 1. The number of carbonyl (C=O) groups is 2. The van der Waals surface area contributed by atoms with E-state index in [1.54, 1.807) is 24.3 Å². The highest BCUT2D eigenvalue weighted by atomic mass is 79.9. The quantitative estimate of drug-likeness (QED) is 0.415. The molecule has 1 aromatic carbocycles. The van der Waals surface area contributed by atoms with E-state index in [0.717, 1.165) is 30.5 Å². The van der Waals surface area contributed by atoms with Gasteiger partial charge in [0.2, 0.25) is 5.91 Å². The average molecular weight is 367 g/mol. The van der Waals surface area contributed by atoms with Gasteiger partial charge in [-0.25, -0.2) is 0 Å². The molecule has 1 aromatic rings. The number of hydrogen-bond acceptors (Lipinski definition) is 3. The van der Waals surface area contributed by atoms with Crippen molar-refractivity contribution in [1.82, 2.24) is 10.2 Å². The molecule has 0 spiro atoms. The molecule has 0 atom stereocenters. The van der Waals surface area contributed by atoms with Crippen LogP contribution < -0.4 is 5.32 Å². The first-order chi connectivity index (χ1) is 10.6. The fraction of sp³-hybridized carbons (Fsp3) is 0.412. The van der Waals surface area contributed by atoms with Gasteiger partial charge in [0.1, 0.15) is 0 Å². The van der Waals surface area contributed by atoms with Gasteiger partial charge in [-0.1, -0.05) is 29.8 Å². The van der Waals surface area contributed by atoms with E-state index in [0.29, 0.717) is 12.1 Å². The molecule has 0 fully saturated rings. The van der Waals surface area contributed by atoms with Crippen molar-refractivity contribution in [2.24, 2.45) is 0 Å². The van der Waals surface area contributed by atoms with Crippen LogP contribution in [0.5, 0.6) is 0 Å². The summed E-state index contributed by atoms with van der Waals surface area (Å²) in [6.45, 7) is 7.87. The van der Waals surface area contributed by atoms with Gasteiger partial charge in [0.15, 0.2) is 5.78 Å². The lowest BCUT2D eigenvalue weighted by Gasteiger charge is -2.17. The first-order valence-electron chi connectivity index (χ1n) is 7.55. The number of rotatable bonds is 9. The van der Waals surface area contributed by atoms with Gasteiger partial charge in [-0.15, -0.1) is 0 Å². The Labute approximate surface area is 140 Å². The van der Waals surface area contributed by atoms with Crippen molar-refractivity contribution in [3.63, 3.8) is 0 Å². The highest BCUT2D eigenvalue weighted by Gasteiger charge is 2.03. The Balaban J connectivity index is 2.32. The first kappa shape index (κ1) is 18.6. The molecule has 0 aliphatic rings. The lowest BCUT2D eigenvalue weighted by molar-refractivity contribution is -0.116. The van der Waals surface area contributed by atoms with Crippen molar-refractivity contribution < 1.29 is 9.59 Å². The summed E-state index contributed by atoms with van der Waals surface area (Å²) in [5.74, 6) is -0.407. The minimum absolute atomic E-state index is 0.175. The Morgan fingerprint density at radius 2 is 1.77 bits per heavy atom. The average Bonchev–Trinajstić information content (AvgIpc) is 2.53. The molecule has 1 rings (SSSR count). The summed E-state index contributed by atoms with van der Waals surface area (Å²) in [6, 6.07) is 7.04. The predicted molar refractivity (Wildman–Crippen MR) is 93.0 cm³/mol. The standard InChI is InChI=1S/C17H23BrN2O2/c1-3-20(4-2)13-5-12-19-17(22)11-10-16(21)14-6-8-15(18)9-7-14/h6-11H,3-5,12-13H2,1-2H3,(H,19,22)/b11-10+. The first-order valence-corrected chi connectivity index (χ1v) is 8.34. The number of carbonyl (C=O) groups excluding carboxylic acids is 2. The van der Waals surface area contributed by atoms with E-state index < -0.39 is 0 Å². The van der Waals surface area contributed by atoms with Crippen molar-refractivity contribution in [3.8, 4) is 0 Å². The molecule has 120 valence electrons. The fourth-order valence-corrected chi connectivity index (χ4v) is 2.24. The summed E-state index contributed by atoms with van der Waals surface area (Å²) >= 11 is 3.32. The summed E-state index contributed by atoms with van der Waals surface area (Å²) in [5.41, 5.74) is 0.564. The lowest BCUT2D eigenvalue weighted by Crippen LogP contribution is -2.29. The maximum absolute atomic E-state index is 11.9. The van der Waals surface area contributed by atoms with Crippen molar-refractivity contribution in [1.29, 1.82) is 0 Å². The molecule has 1 amide bonds. The van der Waals surface area contributed by atoms with Crippen LogP contribution in [0.4, 0.5) is 0 Å². The number of amides is 1. The topological polar surface area (TPSA) is 49.4 Å². The minimum Gasteiger partial charge on any atom is -0.353 e. The van der Waals surface area contributed by atoms with Gasteiger partial charge in [0.05, 0.1) is 0 Å². The third kappa shape index (κ3) is 7.00. The van der Waals surface area contributed by atoms with Crippen LogP contribution >= 0.6 is 15.9 Å². The number of halogens is 1. The van der Waals surface area contributed by atoms with E-state index in [1.807, 2.05) is 0 Å². The molecular formula is C17H23BrN2O2. The smallest absolute Gasteiger partial charge is 0.244 e. The monoisotopic (exact) mass is 366 g/mol. The molecule has 0 saturated heterocycles. The summed E-state index contributed by atoms with van der Waals surface area (Å²) in [7, 11) is 0. The van der Waals surface area contributed by atoms with Crippen LogP contribution in [0.25, 0.3) is 0 Å². The normalized spacial score (nSPS) is 11.1. The van der Waals surface area contributed by atoms with Crippen LogP contribution in [-0.4, -0.2) is 42.8 Å². The molecular weight excluding hydrogens is 344 g/mol. The van der Waals surface area contributed by atoms with Gasteiger partial charge in [-0.2, -0.15) is 0 Å². The summed E-state index contributed by atoms with van der Waals surface area (Å²) < 4.78 is 0.916. The lowest BCUT2D eigenvalue weighted by atomic mass is 10.1. The second kappa shape index (κ2) is 10.3. The van der Waals surface area contributed by atoms with E-state index >= 15 is 0 Å². The van der Waals surface area contributed by atoms with Crippen LogP contribution in [0.3, 0.4) is 0 Å². The van der Waals surface area contributed by atoms with Crippen molar-refractivity contribution in [2.45, 2.75) is 20.3 Å². The van der Waals surface area contributed by atoms with Gasteiger partial charge in [-0.3, -0.25) is 9.59 Å². The number of nitrogens with one attached hydrogen (secondary N) is 1. The Morgan fingerprint density at radius 3 is 2.36 bits per heavy atom. The van der Waals surface area contributed by atoms with E-state index in [1.165, 1.54) is 12.2 Å². The second-order valence-corrected chi connectivity index (χ2v) is 5.79. The van der Waals surface area contributed by atoms with E-state index in [9.17, 15) is 9.59 Å². The van der Waals surface area contributed by atoms with Crippen LogP contribution in [0.1, 0.15) is 30.6 Å². The molecule has 4 nitrogen and oxygen atoms in total. The van der Waals surface area contributed by atoms with Gasteiger partial charge in [0.25, 0.3) is 0 Å². The largest absolute Gasteiger partial charge is 0.353 e. The van der Waals surface area contributed by atoms with Gasteiger partial charge in [-0.05, 0) is 56.4 Å².